The molecule has 2 atom stereocenters. The molecule has 114 valence electrons. The Hall–Kier alpha value is -0.820. The number of hydrogen-bond donors (Lipinski definition) is 1. The zero-order valence-corrected chi connectivity index (χ0v) is 14.4. The van der Waals surface area contributed by atoms with Gasteiger partial charge in [-0.25, -0.2) is 0 Å². The first-order valence-electron chi connectivity index (χ1n) is 7.93. The summed E-state index contributed by atoms with van der Waals surface area (Å²) in [4.78, 5) is 0. The van der Waals surface area contributed by atoms with Crippen LogP contribution in [0, 0.1) is 19.8 Å². The van der Waals surface area contributed by atoms with Crippen LogP contribution in [0.25, 0.3) is 0 Å². The second-order valence-corrected chi connectivity index (χ2v) is 7.45. The molecule has 0 bridgehead atoms. The molecule has 0 radical (unpaired) electrons. The molecule has 1 N–H and O–H groups in total. The first kappa shape index (κ1) is 17.2. The average Bonchev–Trinajstić information content (AvgIpc) is 2.32. The second kappa shape index (κ2) is 6.76. The fraction of sp³-hybridized carbons (Fsp3) is 0.684. The summed E-state index contributed by atoms with van der Waals surface area (Å²) in [6, 6.07) is 4.58. The van der Waals surface area contributed by atoms with Crippen LogP contribution in [-0.2, 0) is 11.8 Å². The van der Waals surface area contributed by atoms with Gasteiger partial charge < -0.3 is 5.11 Å². The van der Waals surface area contributed by atoms with Crippen molar-refractivity contribution in [2.24, 2.45) is 5.92 Å². The van der Waals surface area contributed by atoms with Gasteiger partial charge in [-0.2, -0.15) is 0 Å². The molecule has 2 unspecified atom stereocenters. The minimum atomic E-state index is -0.220. The van der Waals surface area contributed by atoms with Crippen LogP contribution in [0.2, 0.25) is 0 Å². The van der Waals surface area contributed by atoms with Crippen LogP contribution in [0.15, 0.2) is 12.1 Å². The summed E-state index contributed by atoms with van der Waals surface area (Å²) < 4.78 is 0. The average molecular weight is 276 g/mol. The lowest BCUT2D eigenvalue weighted by molar-refractivity contribution is 0.144. The van der Waals surface area contributed by atoms with Gasteiger partial charge in [-0.15, -0.1) is 0 Å². The lowest BCUT2D eigenvalue weighted by atomic mass is 9.82. The van der Waals surface area contributed by atoms with E-state index in [9.17, 15) is 5.11 Å². The van der Waals surface area contributed by atoms with Crippen molar-refractivity contribution in [2.45, 2.75) is 79.2 Å². The summed E-state index contributed by atoms with van der Waals surface area (Å²) in [5.41, 5.74) is 5.53. The van der Waals surface area contributed by atoms with E-state index < -0.39 is 0 Å². The summed E-state index contributed by atoms with van der Waals surface area (Å²) in [5, 5.41) is 10.3. The van der Waals surface area contributed by atoms with Gasteiger partial charge in [0.1, 0.15) is 0 Å². The van der Waals surface area contributed by atoms with Crippen LogP contribution < -0.4 is 0 Å². The first-order valence-corrected chi connectivity index (χ1v) is 7.93. The summed E-state index contributed by atoms with van der Waals surface area (Å²) in [6.45, 7) is 15.5. The van der Waals surface area contributed by atoms with Crippen LogP contribution in [0.4, 0.5) is 0 Å². The summed E-state index contributed by atoms with van der Waals surface area (Å²) in [7, 11) is 0. The van der Waals surface area contributed by atoms with Crippen molar-refractivity contribution in [3.05, 3.63) is 34.4 Å². The van der Waals surface area contributed by atoms with E-state index in [1.54, 1.807) is 0 Å². The van der Waals surface area contributed by atoms with Gasteiger partial charge in [0.2, 0.25) is 0 Å². The van der Waals surface area contributed by atoms with Gasteiger partial charge in [0, 0.05) is 0 Å². The highest BCUT2D eigenvalue weighted by atomic mass is 16.3. The maximum absolute atomic E-state index is 10.3. The van der Waals surface area contributed by atoms with Crippen molar-refractivity contribution in [3.63, 3.8) is 0 Å². The molecule has 0 aromatic heterocycles. The highest BCUT2D eigenvalue weighted by molar-refractivity contribution is 5.40. The van der Waals surface area contributed by atoms with Gasteiger partial charge in [0.15, 0.2) is 0 Å². The minimum Gasteiger partial charge on any atom is -0.393 e. The highest BCUT2D eigenvalue weighted by Gasteiger charge is 2.18. The Kier molecular flexibility index (Phi) is 5.82. The molecule has 0 amide bonds. The molecule has 0 heterocycles. The molecule has 1 heteroatoms. The lowest BCUT2D eigenvalue weighted by Gasteiger charge is -2.23. The maximum Gasteiger partial charge on any atom is 0.0583 e. The minimum absolute atomic E-state index is 0.184. The number of benzene rings is 1. The highest BCUT2D eigenvalue weighted by Crippen LogP contribution is 2.28. The van der Waals surface area contributed by atoms with E-state index in [0.29, 0.717) is 5.92 Å². The summed E-state index contributed by atoms with van der Waals surface area (Å²) >= 11 is 0. The van der Waals surface area contributed by atoms with Gasteiger partial charge >= 0.3 is 0 Å². The molecule has 1 rings (SSSR count). The molecule has 1 aromatic carbocycles. The predicted molar refractivity (Wildman–Crippen MR) is 88.4 cm³/mol. The number of rotatable bonds is 5. The SMILES string of the molecule is CCC(C)CC(O)Cc1c(C)cc(C(C)(C)C)cc1C. The quantitative estimate of drug-likeness (QED) is 0.807. The van der Waals surface area contributed by atoms with Crippen LogP contribution in [0.3, 0.4) is 0 Å². The molecule has 0 spiro atoms. The molecule has 0 fully saturated rings. The Balaban J connectivity index is 2.92. The smallest absolute Gasteiger partial charge is 0.0583 e. The summed E-state index contributed by atoms with van der Waals surface area (Å²) in [5.74, 6) is 0.597. The van der Waals surface area contributed by atoms with Crippen molar-refractivity contribution in [1.82, 2.24) is 0 Å². The monoisotopic (exact) mass is 276 g/mol. The van der Waals surface area contributed by atoms with Crippen molar-refractivity contribution in [1.29, 1.82) is 0 Å². The number of aryl methyl sites for hydroxylation is 2. The molecular weight excluding hydrogens is 244 g/mol. The molecule has 0 saturated heterocycles. The van der Waals surface area contributed by atoms with Crippen LogP contribution in [0.5, 0.6) is 0 Å². The standard InChI is InChI=1S/C19H32O/c1-8-13(2)9-17(20)12-18-14(3)10-16(11-15(18)4)19(5,6)7/h10-11,13,17,20H,8-9,12H2,1-7H3. The fourth-order valence-corrected chi connectivity index (χ4v) is 2.70. The Morgan fingerprint density at radius 1 is 1.10 bits per heavy atom. The van der Waals surface area contributed by atoms with Crippen molar-refractivity contribution >= 4 is 0 Å². The van der Waals surface area contributed by atoms with Crippen molar-refractivity contribution < 1.29 is 5.11 Å². The Morgan fingerprint density at radius 2 is 1.60 bits per heavy atom. The number of aliphatic hydroxyl groups is 1. The van der Waals surface area contributed by atoms with Crippen LogP contribution in [0.1, 0.15) is 69.7 Å². The van der Waals surface area contributed by atoms with Crippen molar-refractivity contribution in [3.8, 4) is 0 Å². The van der Waals surface area contributed by atoms with E-state index in [1.807, 2.05) is 0 Å². The van der Waals surface area contributed by atoms with Gasteiger partial charge in [-0.3, -0.25) is 0 Å². The number of hydrogen-bond acceptors (Lipinski definition) is 1. The normalized spacial score (nSPS) is 15.2. The van der Waals surface area contributed by atoms with E-state index in [4.69, 9.17) is 0 Å². The summed E-state index contributed by atoms with van der Waals surface area (Å²) in [6.07, 6.45) is 2.60. The van der Waals surface area contributed by atoms with E-state index in [-0.39, 0.29) is 11.5 Å². The topological polar surface area (TPSA) is 20.2 Å². The molecule has 0 aliphatic carbocycles. The molecule has 0 aliphatic rings. The van der Waals surface area contributed by atoms with E-state index in [2.05, 4.69) is 60.6 Å². The molecule has 1 aromatic rings. The van der Waals surface area contributed by atoms with E-state index >= 15 is 0 Å². The Bertz CT molecular complexity index is 417. The number of aliphatic hydroxyl groups excluding tert-OH is 1. The Labute approximate surface area is 125 Å². The fourth-order valence-electron chi connectivity index (χ4n) is 2.70. The van der Waals surface area contributed by atoms with Crippen LogP contribution >= 0.6 is 0 Å². The van der Waals surface area contributed by atoms with Crippen molar-refractivity contribution in [2.75, 3.05) is 0 Å². The van der Waals surface area contributed by atoms with Gasteiger partial charge in [-0.1, -0.05) is 53.2 Å². The largest absolute Gasteiger partial charge is 0.393 e. The second-order valence-electron chi connectivity index (χ2n) is 7.45. The van der Waals surface area contributed by atoms with E-state index in [0.717, 1.165) is 19.3 Å². The third-order valence-electron chi connectivity index (χ3n) is 4.37. The molecule has 1 nitrogen and oxygen atoms in total. The lowest BCUT2D eigenvalue weighted by Crippen LogP contribution is -2.17. The van der Waals surface area contributed by atoms with Gasteiger partial charge in [0.25, 0.3) is 0 Å². The molecule has 0 aliphatic heterocycles. The van der Waals surface area contributed by atoms with Gasteiger partial charge in [-0.05, 0) is 60.3 Å². The predicted octanol–water partition coefficient (Wildman–Crippen LogP) is 4.94. The van der Waals surface area contributed by atoms with Crippen LogP contribution in [-0.4, -0.2) is 11.2 Å². The zero-order valence-electron chi connectivity index (χ0n) is 14.4. The maximum atomic E-state index is 10.3. The molecule has 20 heavy (non-hydrogen) atoms. The third-order valence-corrected chi connectivity index (χ3v) is 4.37. The van der Waals surface area contributed by atoms with E-state index in [1.165, 1.54) is 22.3 Å². The molecular formula is C19H32O. The Morgan fingerprint density at radius 3 is 2.00 bits per heavy atom. The zero-order chi connectivity index (χ0) is 15.5. The molecule has 0 saturated carbocycles. The van der Waals surface area contributed by atoms with Gasteiger partial charge in [0.05, 0.1) is 6.10 Å². The first-order chi connectivity index (χ1) is 9.15. The third kappa shape index (κ3) is 4.63.